The molecule has 1 aliphatic carbocycles. The molecule has 2 atom stereocenters. The smallest absolute Gasteiger partial charge is 0.356 e. The molecular formula is C14H14F2N2O3. The summed E-state index contributed by atoms with van der Waals surface area (Å²) in [6.45, 7) is 1.03. The summed E-state index contributed by atoms with van der Waals surface area (Å²) in [7, 11) is 1.29. The summed E-state index contributed by atoms with van der Waals surface area (Å²) in [6, 6.07) is 1.66. The Hall–Kier alpha value is -1.92. The number of pyridine rings is 1. The number of hydrogen-bond donors (Lipinski definition) is 0. The van der Waals surface area contributed by atoms with Crippen molar-refractivity contribution in [3.8, 4) is 5.75 Å². The Balaban J connectivity index is 1.69. The van der Waals surface area contributed by atoms with Gasteiger partial charge in [0.25, 0.3) is 5.92 Å². The number of aromatic nitrogens is 1. The molecule has 21 heavy (non-hydrogen) atoms. The molecule has 0 N–H and O–H groups in total. The van der Waals surface area contributed by atoms with Crippen molar-refractivity contribution in [2.75, 3.05) is 31.7 Å². The summed E-state index contributed by atoms with van der Waals surface area (Å²) in [6.07, 6.45) is 0.686. The Kier molecular flexibility index (Phi) is 2.47. The van der Waals surface area contributed by atoms with E-state index in [-0.39, 0.29) is 18.8 Å². The Morgan fingerprint density at radius 1 is 1.48 bits per heavy atom. The van der Waals surface area contributed by atoms with E-state index in [0.717, 1.165) is 5.56 Å². The van der Waals surface area contributed by atoms with Gasteiger partial charge in [-0.1, -0.05) is 0 Å². The highest BCUT2D eigenvalue weighted by atomic mass is 19.3. The summed E-state index contributed by atoms with van der Waals surface area (Å²) >= 11 is 0. The predicted molar refractivity (Wildman–Crippen MR) is 68.9 cm³/mol. The molecule has 1 saturated carbocycles. The molecule has 2 unspecified atom stereocenters. The fraction of sp³-hybridized carbons (Fsp3) is 0.571. The zero-order valence-corrected chi connectivity index (χ0v) is 11.4. The van der Waals surface area contributed by atoms with Crippen LogP contribution in [0.1, 0.15) is 16.1 Å². The molecule has 4 rings (SSSR count). The van der Waals surface area contributed by atoms with E-state index in [0.29, 0.717) is 24.6 Å². The second kappa shape index (κ2) is 4.05. The molecule has 1 aromatic heterocycles. The average Bonchev–Trinajstić information content (AvgIpc) is 2.95. The van der Waals surface area contributed by atoms with Crippen LogP contribution in [0.15, 0.2) is 6.07 Å². The number of nitrogens with zero attached hydrogens (tertiary/aromatic N) is 2. The lowest BCUT2D eigenvalue weighted by Crippen LogP contribution is -2.29. The van der Waals surface area contributed by atoms with Crippen LogP contribution in [0.4, 0.5) is 14.6 Å². The lowest BCUT2D eigenvalue weighted by atomic mass is 10.1. The summed E-state index contributed by atoms with van der Waals surface area (Å²) < 4.78 is 36.9. The molecule has 5 nitrogen and oxygen atoms in total. The van der Waals surface area contributed by atoms with Gasteiger partial charge in [0.2, 0.25) is 0 Å². The highest BCUT2D eigenvalue weighted by Crippen LogP contribution is 2.60. The first kappa shape index (κ1) is 12.8. The van der Waals surface area contributed by atoms with Gasteiger partial charge in [-0.05, 0) is 6.07 Å². The first-order valence-electron chi connectivity index (χ1n) is 6.90. The van der Waals surface area contributed by atoms with Crippen molar-refractivity contribution in [1.29, 1.82) is 0 Å². The topological polar surface area (TPSA) is 51.7 Å². The van der Waals surface area contributed by atoms with Crippen molar-refractivity contribution in [3.63, 3.8) is 0 Å². The highest BCUT2D eigenvalue weighted by Gasteiger charge is 2.72. The molecule has 1 aromatic rings. The van der Waals surface area contributed by atoms with Gasteiger partial charge in [0.1, 0.15) is 0 Å². The molecule has 2 aliphatic heterocycles. The quantitative estimate of drug-likeness (QED) is 0.774. The molecule has 3 aliphatic rings. The van der Waals surface area contributed by atoms with Crippen molar-refractivity contribution in [1.82, 2.24) is 4.98 Å². The minimum Gasteiger partial charge on any atom is -0.489 e. The molecule has 0 radical (unpaired) electrons. The lowest BCUT2D eigenvalue weighted by molar-refractivity contribution is 0.0593. The van der Waals surface area contributed by atoms with E-state index >= 15 is 0 Å². The standard InChI is InChI=1S/C14H14F2N2O3/c1-20-13(19)10-4-7-2-3-21-11(7)12(17-10)18-5-8-9(6-18)14(8,15)16/h4,8-9H,2-3,5-6H2,1H3. The number of rotatable bonds is 2. The number of carbonyl (C=O) groups is 1. The molecule has 0 aromatic carbocycles. The number of hydrogen-bond acceptors (Lipinski definition) is 5. The van der Waals surface area contributed by atoms with Gasteiger partial charge >= 0.3 is 5.97 Å². The van der Waals surface area contributed by atoms with Crippen LogP contribution in [-0.4, -0.2) is 43.7 Å². The van der Waals surface area contributed by atoms with Crippen molar-refractivity contribution in [2.24, 2.45) is 11.8 Å². The average molecular weight is 296 g/mol. The maximum absolute atomic E-state index is 13.3. The molecule has 2 fully saturated rings. The largest absolute Gasteiger partial charge is 0.489 e. The summed E-state index contributed by atoms with van der Waals surface area (Å²) in [4.78, 5) is 17.8. The number of carbonyl (C=O) groups excluding carboxylic acids is 1. The van der Waals surface area contributed by atoms with Crippen LogP contribution in [0.25, 0.3) is 0 Å². The zero-order valence-electron chi connectivity index (χ0n) is 11.4. The molecule has 0 bridgehead atoms. The number of methoxy groups -OCH3 is 1. The van der Waals surface area contributed by atoms with Crippen LogP contribution in [0.5, 0.6) is 5.75 Å². The minimum absolute atomic E-state index is 0.198. The Morgan fingerprint density at radius 2 is 2.19 bits per heavy atom. The summed E-state index contributed by atoms with van der Waals surface area (Å²) in [5.41, 5.74) is 1.08. The monoisotopic (exact) mass is 296 g/mol. The van der Waals surface area contributed by atoms with E-state index in [1.54, 1.807) is 11.0 Å². The third-order valence-corrected chi connectivity index (χ3v) is 4.54. The maximum Gasteiger partial charge on any atom is 0.356 e. The first-order valence-corrected chi connectivity index (χ1v) is 6.90. The number of anilines is 1. The second-order valence-corrected chi connectivity index (χ2v) is 5.70. The van der Waals surface area contributed by atoms with Gasteiger partial charge in [-0.2, -0.15) is 0 Å². The Labute approximate surface area is 119 Å². The van der Waals surface area contributed by atoms with Gasteiger partial charge in [0.05, 0.1) is 25.6 Å². The predicted octanol–water partition coefficient (Wildman–Crippen LogP) is 1.50. The van der Waals surface area contributed by atoms with E-state index in [1.165, 1.54) is 7.11 Å². The van der Waals surface area contributed by atoms with Crippen molar-refractivity contribution >= 4 is 11.8 Å². The third kappa shape index (κ3) is 1.72. The molecule has 7 heteroatoms. The minimum atomic E-state index is -2.54. The Bertz CT molecular complexity index is 621. The van der Waals surface area contributed by atoms with Crippen LogP contribution < -0.4 is 9.64 Å². The van der Waals surface area contributed by atoms with Crippen LogP contribution >= 0.6 is 0 Å². The summed E-state index contributed by atoms with van der Waals surface area (Å²) in [5.74, 6) is -3.15. The highest BCUT2D eigenvalue weighted by molar-refractivity contribution is 5.88. The van der Waals surface area contributed by atoms with Gasteiger partial charge < -0.3 is 14.4 Å². The van der Waals surface area contributed by atoms with E-state index in [1.807, 2.05) is 0 Å². The van der Waals surface area contributed by atoms with Crippen LogP contribution in [-0.2, 0) is 11.2 Å². The van der Waals surface area contributed by atoms with Crippen molar-refractivity contribution in [3.05, 3.63) is 17.3 Å². The normalized spacial score (nSPS) is 27.9. The molecule has 1 saturated heterocycles. The van der Waals surface area contributed by atoms with Gasteiger partial charge in [-0.15, -0.1) is 0 Å². The number of piperidine rings is 1. The fourth-order valence-electron chi connectivity index (χ4n) is 3.28. The van der Waals surface area contributed by atoms with Gasteiger partial charge in [0, 0.05) is 25.1 Å². The maximum atomic E-state index is 13.3. The summed E-state index contributed by atoms with van der Waals surface area (Å²) in [5, 5.41) is 0. The molecule has 112 valence electrons. The first-order chi connectivity index (χ1) is 10.0. The molecule has 0 spiro atoms. The number of fused-ring (bicyclic) bond motifs is 2. The number of esters is 1. The van der Waals surface area contributed by atoms with Crippen LogP contribution in [0, 0.1) is 11.8 Å². The molecule has 0 amide bonds. The SMILES string of the molecule is COC(=O)c1cc2c(c(N3CC4C(C3)C4(F)F)n1)OCC2. The number of alkyl halides is 2. The van der Waals surface area contributed by atoms with E-state index < -0.39 is 23.7 Å². The van der Waals surface area contributed by atoms with Crippen LogP contribution in [0.2, 0.25) is 0 Å². The van der Waals surface area contributed by atoms with Crippen LogP contribution in [0.3, 0.4) is 0 Å². The lowest BCUT2D eigenvalue weighted by Gasteiger charge is -2.23. The number of ether oxygens (including phenoxy) is 2. The van der Waals surface area contributed by atoms with Gasteiger partial charge in [0.15, 0.2) is 17.3 Å². The van der Waals surface area contributed by atoms with E-state index in [2.05, 4.69) is 4.98 Å². The van der Waals surface area contributed by atoms with E-state index in [9.17, 15) is 13.6 Å². The van der Waals surface area contributed by atoms with Crippen molar-refractivity contribution < 1.29 is 23.0 Å². The van der Waals surface area contributed by atoms with Gasteiger partial charge in [-0.25, -0.2) is 18.6 Å². The zero-order chi connectivity index (χ0) is 14.8. The fourth-order valence-corrected chi connectivity index (χ4v) is 3.28. The molecular weight excluding hydrogens is 282 g/mol. The second-order valence-electron chi connectivity index (χ2n) is 5.70. The molecule has 3 heterocycles. The van der Waals surface area contributed by atoms with Crippen molar-refractivity contribution in [2.45, 2.75) is 12.3 Å². The Morgan fingerprint density at radius 3 is 2.86 bits per heavy atom. The number of halogens is 2. The van der Waals surface area contributed by atoms with E-state index in [4.69, 9.17) is 9.47 Å². The third-order valence-electron chi connectivity index (χ3n) is 4.54. The van der Waals surface area contributed by atoms with Gasteiger partial charge in [-0.3, -0.25) is 0 Å².